The summed E-state index contributed by atoms with van der Waals surface area (Å²) < 4.78 is 4.70. The second-order valence-electron chi connectivity index (χ2n) is 3.31. The van der Waals surface area contributed by atoms with Crippen molar-refractivity contribution in [3.63, 3.8) is 0 Å². The molecule has 1 aromatic carbocycles. The van der Waals surface area contributed by atoms with Gasteiger partial charge < -0.3 is 9.72 Å². The van der Waals surface area contributed by atoms with Crippen LogP contribution >= 0.6 is 11.6 Å². The molecule has 4 heteroatoms. The first kappa shape index (κ1) is 10.1. The molecule has 0 saturated heterocycles. The van der Waals surface area contributed by atoms with Gasteiger partial charge >= 0.3 is 5.97 Å². The van der Waals surface area contributed by atoms with Gasteiger partial charge in [0.1, 0.15) is 0 Å². The Labute approximate surface area is 92.0 Å². The molecule has 0 spiro atoms. The molecule has 0 radical (unpaired) electrons. The summed E-state index contributed by atoms with van der Waals surface area (Å²) in [7, 11) is 1.34. The molecule has 0 unspecified atom stereocenters. The van der Waals surface area contributed by atoms with Gasteiger partial charge in [0.15, 0.2) is 0 Å². The van der Waals surface area contributed by atoms with Gasteiger partial charge in [-0.3, -0.25) is 0 Å². The van der Waals surface area contributed by atoms with Crippen LogP contribution < -0.4 is 0 Å². The van der Waals surface area contributed by atoms with Crippen LogP contribution in [-0.2, 0) is 4.74 Å². The van der Waals surface area contributed by atoms with Gasteiger partial charge in [0.05, 0.1) is 17.7 Å². The molecule has 78 valence electrons. The monoisotopic (exact) mass is 223 g/mol. The van der Waals surface area contributed by atoms with Crippen molar-refractivity contribution in [2.45, 2.75) is 6.92 Å². The van der Waals surface area contributed by atoms with Crippen LogP contribution in [0.25, 0.3) is 10.9 Å². The van der Waals surface area contributed by atoms with Crippen LogP contribution in [0, 0.1) is 6.92 Å². The Morgan fingerprint density at radius 3 is 2.93 bits per heavy atom. The number of ether oxygens (including phenoxy) is 1. The first-order valence-electron chi connectivity index (χ1n) is 4.49. The lowest BCUT2D eigenvalue weighted by Crippen LogP contribution is -2.03. The van der Waals surface area contributed by atoms with E-state index in [1.807, 2.05) is 13.0 Å². The number of fused-ring (bicyclic) bond motifs is 1. The summed E-state index contributed by atoms with van der Waals surface area (Å²) in [5, 5.41) is 1.22. The maximum Gasteiger partial charge on any atom is 0.340 e. The van der Waals surface area contributed by atoms with E-state index in [9.17, 15) is 4.79 Å². The maximum atomic E-state index is 11.5. The van der Waals surface area contributed by atoms with Gasteiger partial charge in [0.25, 0.3) is 0 Å². The molecule has 0 fully saturated rings. The molecule has 0 atom stereocenters. The summed E-state index contributed by atoms with van der Waals surface area (Å²) in [6.45, 7) is 1.94. The van der Waals surface area contributed by atoms with Gasteiger partial charge in [-0.25, -0.2) is 4.79 Å². The van der Waals surface area contributed by atoms with E-state index in [1.54, 1.807) is 12.3 Å². The van der Waals surface area contributed by atoms with Crippen LogP contribution in [0.1, 0.15) is 15.9 Å². The SMILES string of the molecule is COC(=O)c1c(Cl)cc(C)c2[nH]ccc12. The molecule has 0 bridgehead atoms. The lowest BCUT2D eigenvalue weighted by Gasteiger charge is -2.06. The number of aromatic nitrogens is 1. The van der Waals surface area contributed by atoms with Crippen LogP contribution in [-0.4, -0.2) is 18.1 Å². The molecule has 0 saturated carbocycles. The van der Waals surface area contributed by atoms with Crippen LogP contribution in [0.5, 0.6) is 0 Å². The van der Waals surface area contributed by atoms with Crippen molar-refractivity contribution in [3.8, 4) is 0 Å². The largest absolute Gasteiger partial charge is 0.465 e. The number of H-pyrrole nitrogens is 1. The standard InChI is InChI=1S/C11H10ClNO2/c1-6-5-8(12)9(11(14)15-2)7-3-4-13-10(6)7/h3-5,13H,1-2H3. The fraction of sp³-hybridized carbons (Fsp3) is 0.182. The third-order valence-electron chi connectivity index (χ3n) is 2.38. The summed E-state index contributed by atoms with van der Waals surface area (Å²) in [4.78, 5) is 14.6. The molecule has 2 rings (SSSR count). The molecule has 0 aliphatic carbocycles. The van der Waals surface area contributed by atoms with Crippen molar-refractivity contribution in [1.82, 2.24) is 4.98 Å². The number of nitrogens with one attached hydrogen (secondary N) is 1. The van der Waals surface area contributed by atoms with E-state index in [0.717, 1.165) is 16.5 Å². The van der Waals surface area contributed by atoms with Crippen LogP contribution in [0.4, 0.5) is 0 Å². The Balaban J connectivity index is 2.82. The fourth-order valence-corrected chi connectivity index (χ4v) is 2.02. The molecule has 15 heavy (non-hydrogen) atoms. The van der Waals surface area contributed by atoms with Gasteiger partial charge in [0, 0.05) is 17.1 Å². The van der Waals surface area contributed by atoms with E-state index in [-0.39, 0.29) is 0 Å². The number of hydrogen-bond acceptors (Lipinski definition) is 2. The molecule has 1 heterocycles. The number of carbonyl (C=O) groups excluding carboxylic acids is 1. The van der Waals surface area contributed by atoms with Crippen molar-refractivity contribution < 1.29 is 9.53 Å². The van der Waals surface area contributed by atoms with Gasteiger partial charge in [-0.15, -0.1) is 0 Å². The van der Waals surface area contributed by atoms with Gasteiger partial charge in [-0.05, 0) is 24.6 Å². The number of aryl methyl sites for hydroxylation is 1. The zero-order valence-corrected chi connectivity index (χ0v) is 9.18. The molecule has 0 aliphatic rings. The number of hydrogen-bond donors (Lipinski definition) is 1. The number of methoxy groups -OCH3 is 1. The number of benzene rings is 1. The van der Waals surface area contributed by atoms with Crippen molar-refractivity contribution >= 4 is 28.5 Å². The van der Waals surface area contributed by atoms with Gasteiger partial charge in [-0.2, -0.15) is 0 Å². The number of rotatable bonds is 1. The van der Waals surface area contributed by atoms with Crippen molar-refractivity contribution in [2.75, 3.05) is 7.11 Å². The molecule has 2 aromatic rings. The Bertz CT molecular complexity index is 531. The highest BCUT2D eigenvalue weighted by Crippen LogP contribution is 2.28. The summed E-state index contributed by atoms with van der Waals surface area (Å²) in [6, 6.07) is 3.58. The normalized spacial score (nSPS) is 10.6. The lowest BCUT2D eigenvalue weighted by atomic mass is 10.1. The maximum absolute atomic E-state index is 11.5. The molecular formula is C11H10ClNO2. The minimum absolute atomic E-state index is 0.412. The second kappa shape index (κ2) is 3.59. The van der Waals surface area contributed by atoms with E-state index in [4.69, 9.17) is 16.3 Å². The summed E-state index contributed by atoms with van der Waals surface area (Å²) in [5.41, 5.74) is 2.34. The number of esters is 1. The zero-order valence-electron chi connectivity index (χ0n) is 8.43. The predicted octanol–water partition coefficient (Wildman–Crippen LogP) is 2.92. The second-order valence-corrected chi connectivity index (χ2v) is 3.72. The summed E-state index contributed by atoms with van der Waals surface area (Å²) >= 11 is 6.02. The zero-order chi connectivity index (χ0) is 11.0. The minimum Gasteiger partial charge on any atom is -0.465 e. The highest BCUT2D eigenvalue weighted by atomic mass is 35.5. The molecule has 3 nitrogen and oxygen atoms in total. The third kappa shape index (κ3) is 1.49. The Hall–Kier alpha value is -1.48. The molecule has 0 aliphatic heterocycles. The Morgan fingerprint density at radius 2 is 2.27 bits per heavy atom. The van der Waals surface area contributed by atoms with E-state index in [1.165, 1.54) is 7.11 Å². The highest BCUT2D eigenvalue weighted by Gasteiger charge is 2.16. The van der Waals surface area contributed by atoms with Gasteiger partial charge in [0.2, 0.25) is 0 Å². The third-order valence-corrected chi connectivity index (χ3v) is 2.68. The van der Waals surface area contributed by atoms with Crippen LogP contribution in [0.3, 0.4) is 0 Å². The predicted molar refractivity (Wildman–Crippen MR) is 59.4 cm³/mol. The molecule has 1 aromatic heterocycles. The van der Waals surface area contributed by atoms with E-state index < -0.39 is 5.97 Å². The van der Waals surface area contributed by atoms with Gasteiger partial charge in [-0.1, -0.05) is 11.6 Å². The van der Waals surface area contributed by atoms with E-state index in [0.29, 0.717) is 10.6 Å². The fourth-order valence-electron chi connectivity index (χ4n) is 1.68. The smallest absolute Gasteiger partial charge is 0.340 e. The summed E-state index contributed by atoms with van der Waals surface area (Å²) in [6.07, 6.45) is 1.78. The van der Waals surface area contributed by atoms with E-state index in [2.05, 4.69) is 4.98 Å². The number of halogens is 1. The Kier molecular flexibility index (Phi) is 2.40. The lowest BCUT2D eigenvalue weighted by molar-refractivity contribution is 0.0603. The average molecular weight is 224 g/mol. The van der Waals surface area contributed by atoms with E-state index >= 15 is 0 Å². The first-order valence-corrected chi connectivity index (χ1v) is 4.87. The summed E-state index contributed by atoms with van der Waals surface area (Å²) in [5.74, 6) is -0.412. The number of aromatic amines is 1. The first-order chi connectivity index (χ1) is 7.15. The molecular weight excluding hydrogens is 214 g/mol. The molecule has 1 N–H and O–H groups in total. The topological polar surface area (TPSA) is 42.1 Å². The minimum atomic E-state index is -0.412. The number of carbonyl (C=O) groups is 1. The van der Waals surface area contributed by atoms with Crippen molar-refractivity contribution in [2.24, 2.45) is 0 Å². The average Bonchev–Trinajstić information content (AvgIpc) is 2.66. The van der Waals surface area contributed by atoms with Crippen LogP contribution in [0.15, 0.2) is 18.3 Å². The van der Waals surface area contributed by atoms with Crippen molar-refractivity contribution in [1.29, 1.82) is 0 Å². The highest BCUT2D eigenvalue weighted by molar-refractivity contribution is 6.35. The molecule has 0 amide bonds. The van der Waals surface area contributed by atoms with Crippen molar-refractivity contribution in [3.05, 3.63) is 34.5 Å². The van der Waals surface area contributed by atoms with Crippen LogP contribution in [0.2, 0.25) is 5.02 Å². The Morgan fingerprint density at radius 1 is 1.53 bits per heavy atom. The quantitative estimate of drug-likeness (QED) is 0.756.